The van der Waals surface area contributed by atoms with Crippen LogP contribution in [0.15, 0.2) is 170 Å². The maximum absolute atomic E-state index is 3.95. The van der Waals surface area contributed by atoms with Crippen LogP contribution in [0, 0.1) is 5.92 Å². The SMILES string of the molecule is CCN(c1ccccc1)c1ccc([C+](c2ccc(N(CC)c3ccccc3)cc2)c2ccc(NC3CCc4ccccc43)c3ccccc23)cc1. The van der Waals surface area contributed by atoms with Crippen molar-refractivity contribution in [1.29, 1.82) is 0 Å². The lowest BCUT2D eigenvalue weighted by molar-refractivity contribution is 0.763. The van der Waals surface area contributed by atoms with Gasteiger partial charge in [-0.1, -0.05) is 72.8 Å². The molecule has 0 fully saturated rings. The van der Waals surface area contributed by atoms with Crippen molar-refractivity contribution in [2.45, 2.75) is 32.7 Å². The first-order chi connectivity index (χ1) is 25.2. The Morgan fingerprint density at radius 1 is 0.510 bits per heavy atom. The summed E-state index contributed by atoms with van der Waals surface area (Å²) in [6.45, 7) is 6.20. The van der Waals surface area contributed by atoms with E-state index < -0.39 is 0 Å². The number of rotatable bonds is 11. The van der Waals surface area contributed by atoms with Crippen molar-refractivity contribution in [2.75, 3.05) is 28.2 Å². The van der Waals surface area contributed by atoms with Crippen molar-refractivity contribution in [3.05, 3.63) is 204 Å². The molecule has 0 radical (unpaired) electrons. The fourth-order valence-electron chi connectivity index (χ4n) is 7.88. The lowest BCUT2D eigenvalue weighted by atomic mass is 9.82. The number of nitrogens with zero attached hydrogens (tertiary/aromatic N) is 2. The Labute approximate surface area is 302 Å². The molecule has 1 atom stereocenters. The molecule has 8 rings (SSSR count). The second kappa shape index (κ2) is 14.5. The van der Waals surface area contributed by atoms with E-state index in [1.165, 1.54) is 72.9 Å². The highest BCUT2D eigenvalue weighted by atomic mass is 15.1. The van der Waals surface area contributed by atoms with Gasteiger partial charge in [-0.15, -0.1) is 0 Å². The van der Waals surface area contributed by atoms with Gasteiger partial charge in [-0.05, 0) is 135 Å². The third kappa shape index (κ3) is 6.44. The van der Waals surface area contributed by atoms with Gasteiger partial charge in [0.05, 0.1) is 45.7 Å². The van der Waals surface area contributed by atoms with E-state index in [0.717, 1.165) is 25.9 Å². The number of hydrogen-bond donors (Lipinski definition) is 1. The van der Waals surface area contributed by atoms with Gasteiger partial charge in [-0.2, -0.15) is 0 Å². The second-order valence-corrected chi connectivity index (χ2v) is 13.3. The molecule has 51 heavy (non-hydrogen) atoms. The summed E-state index contributed by atoms with van der Waals surface area (Å²) >= 11 is 0. The van der Waals surface area contributed by atoms with Gasteiger partial charge in [0.1, 0.15) is 0 Å². The van der Waals surface area contributed by atoms with Crippen LogP contribution in [0.3, 0.4) is 0 Å². The summed E-state index contributed by atoms with van der Waals surface area (Å²) in [5.41, 5.74) is 12.5. The molecule has 7 aromatic carbocycles. The van der Waals surface area contributed by atoms with Gasteiger partial charge < -0.3 is 15.1 Å². The third-order valence-corrected chi connectivity index (χ3v) is 10.4. The van der Waals surface area contributed by atoms with E-state index in [9.17, 15) is 0 Å². The minimum Gasteiger partial charge on any atom is -0.377 e. The van der Waals surface area contributed by atoms with E-state index in [0.29, 0.717) is 6.04 Å². The van der Waals surface area contributed by atoms with Crippen molar-refractivity contribution in [3.8, 4) is 0 Å². The van der Waals surface area contributed by atoms with E-state index in [1.807, 2.05) is 0 Å². The van der Waals surface area contributed by atoms with Crippen LogP contribution in [0.4, 0.5) is 28.4 Å². The number of hydrogen-bond acceptors (Lipinski definition) is 3. The zero-order chi connectivity index (χ0) is 34.6. The number of para-hydroxylation sites is 2. The van der Waals surface area contributed by atoms with Crippen LogP contribution < -0.4 is 15.1 Å². The minimum absolute atomic E-state index is 0.316. The standard InChI is InChI=1S/C48H44N3/c1-3-50(38-16-7-5-8-17-38)40-28-23-36(24-29-40)48(37-25-30-41(31-26-37)51(4-2)39-18-9-6-10-19-39)45-32-34-47(44-22-14-13-21-43(44)45)49-46-33-27-35-15-11-12-20-42(35)46/h5-26,28-32,34,46,49H,3-4,27,33H2,1-2H3/q+1. The van der Waals surface area contributed by atoms with Gasteiger partial charge in [-0.25, -0.2) is 0 Å². The van der Waals surface area contributed by atoms with E-state index in [2.05, 4.69) is 199 Å². The number of fused-ring (bicyclic) bond motifs is 2. The Bertz CT molecular complexity index is 2120. The van der Waals surface area contributed by atoms with Crippen LogP contribution >= 0.6 is 0 Å². The summed E-state index contributed by atoms with van der Waals surface area (Å²) in [7, 11) is 0. The molecular formula is C48H44N3+. The van der Waals surface area contributed by atoms with Gasteiger partial charge >= 0.3 is 0 Å². The lowest BCUT2D eigenvalue weighted by Crippen LogP contribution is -2.16. The molecule has 1 aliphatic carbocycles. The van der Waals surface area contributed by atoms with Crippen molar-refractivity contribution in [2.24, 2.45) is 0 Å². The molecule has 250 valence electrons. The normalized spacial score (nSPS) is 13.5. The maximum Gasteiger partial charge on any atom is 0.0638 e. The van der Waals surface area contributed by atoms with Gasteiger partial charge in [0, 0.05) is 35.2 Å². The van der Waals surface area contributed by atoms with Crippen molar-refractivity contribution >= 4 is 39.2 Å². The molecular weight excluding hydrogens is 619 g/mol. The fourth-order valence-corrected chi connectivity index (χ4v) is 7.88. The largest absolute Gasteiger partial charge is 0.377 e. The number of anilines is 5. The molecule has 0 saturated carbocycles. The van der Waals surface area contributed by atoms with Crippen LogP contribution in [0.1, 0.15) is 54.1 Å². The molecule has 0 heterocycles. The average Bonchev–Trinajstić information content (AvgIpc) is 3.61. The highest BCUT2D eigenvalue weighted by Crippen LogP contribution is 2.41. The molecule has 7 aromatic rings. The van der Waals surface area contributed by atoms with Crippen LogP contribution in [0.5, 0.6) is 0 Å². The molecule has 1 aliphatic rings. The van der Waals surface area contributed by atoms with Gasteiger partial charge in [-0.3, -0.25) is 0 Å². The van der Waals surface area contributed by atoms with Crippen molar-refractivity contribution in [1.82, 2.24) is 0 Å². The molecule has 0 bridgehead atoms. The molecule has 0 aromatic heterocycles. The Balaban J connectivity index is 1.20. The van der Waals surface area contributed by atoms with Crippen LogP contribution in [0.25, 0.3) is 10.8 Å². The smallest absolute Gasteiger partial charge is 0.0638 e. The first kappa shape index (κ1) is 32.3. The predicted octanol–water partition coefficient (Wildman–Crippen LogP) is 12.3. The summed E-state index contributed by atoms with van der Waals surface area (Å²) in [6, 6.07) is 62.2. The van der Waals surface area contributed by atoms with Gasteiger partial charge in [0.2, 0.25) is 0 Å². The minimum atomic E-state index is 0.316. The van der Waals surface area contributed by atoms with Crippen LogP contribution in [-0.2, 0) is 6.42 Å². The fraction of sp³-hybridized carbons (Fsp3) is 0.146. The average molecular weight is 663 g/mol. The molecule has 1 unspecified atom stereocenters. The maximum atomic E-state index is 3.95. The summed E-state index contributed by atoms with van der Waals surface area (Å²) in [6.07, 6.45) is 2.23. The van der Waals surface area contributed by atoms with E-state index in [1.54, 1.807) is 0 Å². The zero-order valence-electron chi connectivity index (χ0n) is 29.5. The molecule has 3 nitrogen and oxygen atoms in total. The summed E-state index contributed by atoms with van der Waals surface area (Å²) in [5.74, 6) is 1.23. The Hall–Kier alpha value is -5.93. The Morgan fingerprint density at radius 3 is 1.57 bits per heavy atom. The number of nitrogens with one attached hydrogen (secondary N) is 1. The molecule has 0 amide bonds. The van der Waals surface area contributed by atoms with Gasteiger partial charge in [0.25, 0.3) is 0 Å². The topological polar surface area (TPSA) is 18.5 Å². The summed E-state index contributed by atoms with van der Waals surface area (Å²) in [5, 5.41) is 6.44. The second-order valence-electron chi connectivity index (χ2n) is 13.3. The monoisotopic (exact) mass is 662 g/mol. The number of aryl methyl sites for hydroxylation is 1. The molecule has 3 heteroatoms. The predicted molar refractivity (Wildman–Crippen MR) is 217 cm³/mol. The molecule has 0 aliphatic heterocycles. The highest BCUT2D eigenvalue weighted by molar-refractivity contribution is 5.98. The quantitative estimate of drug-likeness (QED) is 0.110. The molecule has 0 saturated heterocycles. The third-order valence-electron chi connectivity index (χ3n) is 10.4. The molecule has 0 spiro atoms. The summed E-state index contributed by atoms with van der Waals surface area (Å²) in [4.78, 5) is 4.72. The summed E-state index contributed by atoms with van der Waals surface area (Å²) < 4.78 is 0. The number of benzene rings is 7. The van der Waals surface area contributed by atoms with Crippen molar-refractivity contribution in [3.63, 3.8) is 0 Å². The van der Waals surface area contributed by atoms with E-state index >= 15 is 0 Å². The van der Waals surface area contributed by atoms with Crippen molar-refractivity contribution < 1.29 is 0 Å². The van der Waals surface area contributed by atoms with Gasteiger partial charge in [0.15, 0.2) is 0 Å². The lowest BCUT2D eigenvalue weighted by Gasteiger charge is -2.24. The Morgan fingerprint density at radius 2 is 1.00 bits per heavy atom. The van der Waals surface area contributed by atoms with Crippen LogP contribution in [-0.4, -0.2) is 13.1 Å². The van der Waals surface area contributed by atoms with E-state index in [-0.39, 0.29) is 0 Å². The highest BCUT2D eigenvalue weighted by Gasteiger charge is 2.28. The Kier molecular flexibility index (Phi) is 9.18. The van der Waals surface area contributed by atoms with Crippen LogP contribution in [0.2, 0.25) is 0 Å². The molecule has 1 N–H and O–H groups in total. The van der Waals surface area contributed by atoms with E-state index in [4.69, 9.17) is 0 Å². The first-order valence-electron chi connectivity index (χ1n) is 18.3. The zero-order valence-corrected chi connectivity index (χ0v) is 29.5. The first-order valence-corrected chi connectivity index (χ1v) is 18.3.